The summed E-state index contributed by atoms with van der Waals surface area (Å²) in [7, 11) is -0.873. The van der Waals surface area contributed by atoms with Crippen LogP contribution in [0.5, 0.6) is 5.88 Å². The van der Waals surface area contributed by atoms with Crippen LogP contribution in [-0.2, 0) is 10.0 Å². The molecule has 3 aromatic rings. The molecule has 3 rings (SSSR count). The molecule has 11 heteroatoms. The van der Waals surface area contributed by atoms with Gasteiger partial charge in [-0.05, 0) is 24.3 Å². The molecule has 1 aromatic heterocycles. The number of aromatic amines is 1. The number of hydrogen-bond acceptors (Lipinski definition) is 7. The first-order valence-electron chi connectivity index (χ1n) is 7.64. The second-order valence-electron chi connectivity index (χ2n) is 5.76. The number of aromatic nitrogens is 1. The number of nitro groups is 1. The molecular formula is C16H15N5O5S. The number of sulfonamides is 1. The minimum atomic E-state index is -3.68. The number of nitrogens with one attached hydrogen (secondary N) is 1. The topological polar surface area (TPSA) is 141 Å². The van der Waals surface area contributed by atoms with Crippen LogP contribution in [0.3, 0.4) is 0 Å². The van der Waals surface area contributed by atoms with Gasteiger partial charge < -0.3 is 10.1 Å². The lowest BCUT2D eigenvalue weighted by Gasteiger charge is -2.11. The van der Waals surface area contributed by atoms with Crippen LogP contribution in [0, 0.1) is 10.1 Å². The minimum Gasteiger partial charge on any atom is -0.493 e. The summed E-state index contributed by atoms with van der Waals surface area (Å²) in [5, 5.41) is 29.2. The Morgan fingerprint density at radius 3 is 2.52 bits per heavy atom. The third kappa shape index (κ3) is 3.37. The van der Waals surface area contributed by atoms with Crippen molar-refractivity contribution in [3.63, 3.8) is 0 Å². The Morgan fingerprint density at radius 2 is 1.85 bits per heavy atom. The normalized spacial score (nSPS) is 12.3. The van der Waals surface area contributed by atoms with Gasteiger partial charge in [0.1, 0.15) is 0 Å². The summed E-state index contributed by atoms with van der Waals surface area (Å²) in [4.78, 5) is 13.1. The largest absolute Gasteiger partial charge is 0.493 e. The van der Waals surface area contributed by atoms with Gasteiger partial charge in [-0.25, -0.2) is 12.7 Å². The summed E-state index contributed by atoms with van der Waals surface area (Å²) >= 11 is 0. The predicted octanol–water partition coefficient (Wildman–Crippen LogP) is 3.45. The zero-order valence-corrected chi connectivity index (χ0v) is 15.1. The molecule has 2 aromatic carbocycles. The molecule has 1 heterocycles. The Hall–Kier alpha value is -3.31. The maximum absolute atomic E-state index is 12.3. The van der Waals surface area contributed by atoms with Crippen LogP contribution < -0.4 is 0 Å². The summed E-state index contributed by atoms with van der Waals surface area (Å²) in [6, 6.07) is 10.0. The minimum absolute atomic E-state index is 0.00770. The van der Waals surface area contributed by atoms with E-state index >= 15 is 0 Å². The van der Waals surface area contributed by atoms with E-state index in [4.69, 9.17) is 0 Å². The fraction of sp³-hybridized carbons (Fsp3) is 0.125. The predicted molar refractivity (Wildman–Crippen MR) is 98.1 cm³/mol. The standard InChI is InChI=1S/C16H15N5O5S/c1-20(2)27(25,26)10-7-8-12-11(9-10)15(16(22)17-12)19-18-13-5-3-4-6-14(13)21(23)24/h3-9,17,22H,1-2H3. The van der Waals surface area contributed by atoms with Crippen molar-refractivity contribution in [2.45, 2.75) is 4.90 Å². The lowest BCUT2D eigenvalue weighted by atomic mass is 10.2. The number of rotatable bonds is 5. The van der Waals surface area contributed by atoms with Crippen LogP contribution in [0.2, 0.25) is 0 Å². The van der Waals surface area contributed by atoms with E-state index in [2.05, 4.69) is 15.2 Å². The van der Waals surface area contributed by atoms with Gasteiger partial charge in [0.05, 0.1) is 15.3 Å². The lowest BCUT2D eigenvalue weighted by molar-refractivity contribution is -0.384. The Kier molecular flexibility index (Phi) is 4.64. The molecule has 0 bridgehead atoms. The monoisotopic (exact) mass is 389 g/mol. The number of para-hydroxylation sites is 1. The van der Waals surface area contributed by atoms with E-state index in [0.29, 0.717) is 10.9 Å². The number of benzene rings is 2. The molecule has 0 amide bonds. The first-order chi connectivity index (χ1) is 12.7. The molecule has 0 aliphatic carbocycles. The van der Waals surface area contributed by atoms with Gasteiger partial charge in [-0.3, -0.25) is 10.1 Å². The molecule has 27 heavy (non-hydrogen) atoms. The molecule has 0 spiro atoms. The molecule has 10 nitrogen and oxygen atoms in total. The van der Waals surface area contributed by atoms with Gasteiger partial charge in [0.15, 0.2) is 11.4 Å². The molecule has 0 aliphatic heterocycles. The average molecular weight is 389 g/mol. The Balaban J connectivity index is 2.13. The summed E-state index contributed by atoms with van der Waals surface area (Å²) in [5.41, 5.74) is 0.199. The van der Waals surface area contributed by atoms with Gasteiger partial charge in [-0.1, -0.05) is 12.1 Å². The number of nitrogens with zero attached hydrogens (tertiary/aromatic N) is 4. The molecular weight excluding hydrogens is 374 g/mol. The van der Waals surface area contributed by atoms with E-state index in [1.54, 1.807) is 6.07 Å². The molecule has 0 saturated carbocycles. The van der Waals surface area contributed by atoms with Crippen molar-refractivity contribution in [1.29, 1.82) is 0 Å². The van der Waals surface area contributed by atoms with Crippen LogP contribution in [-0.4, -0.2) is 41.8 Å². The molecule has 0 fully saturated rings. The molecule has 0 aliphatic rings. The fourth-order valence-electron chi connectivity index (χ4n) is 2.42. The van der Waals surface area contributed by atoms with Gasteiger partial charge in [0, 0.05) is 25.5 Å². The van der Waals surface area contributed by atoms with Crippen molar-refractivity contribution in [1.82, 2.24) is 9.29 Å². The molecule has 0 radical (unpaired) electrons. The zero-order chi connectivity index (χ0) is 19.8. The van der Waals surface area contributed by atoms with Crippen LogP contribution in [0.1, 0.15) is 0 Å². The number of H-pyrrole nitrogens is 1. The van der Waals surface area contributed by atoms with Gasteiger partial charge in [-0.15, -0.1) is 10.2 Å². The van der Waals surface area contributed by atoms with Crippen LogP contribution in [0.4, 0.5) is 17.1 Å². The summed E-state index contributed by atoms with van der Waals surface area (Å²) in [6.07, 6.45) is 0. The highest BCUT2D eigenvalue weighted by Crippen LogP contribution is 2.38. The van der Waals surface area contributed by atoms with Gasteiger partial charge >= 0.3 is 0 Å². The van der Waals surface area contributed by atoms with Crippen molar-refractivity contribution in [2.24, 2.45) is 10.2 Å². The third-order valence-corrected chi connectivity index (χ3v) is 5.65. The van der Waals surface area contributed by atoms with E-state index < -0.39 is 14.9 Å². The molecule has 140 valence electrons. The van der Waals surface area contributed by atoms with E-state index in [1.165, 1.54) is 50.5 Å². The van der Waals surface area contributed by atoms with Crippen molar-refractivity contribution < 1.29 is 18.4 Å². The Bertz CT molecular complexity index is 1170. The highest BCUT2D eigenvalue weighted by Gasteiger charge is 2.20. The van der Waals surface area contributed by atoms with Gasteiger partial charge in [-0.2, -0.15) is 0 Å². The first-order valence-corrected chi connectivity index (χ1v) is 9.08. The highest BCUT2D eigenvalue weighted by atomic mass is 32.2. The Labute approximate surface area is 154 Å². The van der Waals surface area contributed by atoms with Crippen LogP contribution >= 0.6 is 0 Å². The summed E-state index contributed by atoms with van der Waals surface area (Å²) < 4.78 is 25.7. The third-order valence-electron chi connectivity index (χ3n) is 3.84. The number of fused-ring (bicyclic) bond motifs is 1. The number of azo groups is 1. The van der Waals surface area contributed by atoms with Crippen LogP contribution in [0.25, 0.3) is 10.9 Å². The number of nitro benzene ring substituents is 1. The van der Waals surface area contributed by atoms with E-state index in [1.807, 2.05) is 0 Å². The van der Waals surface area contributed by atoms with Crippen molar-refractivity contribution in [3.05, 3.63) is 52.6 Å². The number of hydrogen-bond donors (Lipinski definition) is 2. The molecule has 0 saturated heterocycles. The summed E-state index contributed by atoms with van der Waals surface area (Å²) in [6.45, 7) is 0. The Morgan fingerprint density at radius 1 is 1.15 bits per heavy atom. The van der Waals surface area contributed by atoms with Crippen molar-refractivity contribution in [3.8, 4) is 5.88 Å². The summed E-state index contributed by atoms with van der Waals surface area (Å²) in [5.74, 6) is -0.327. The maximum Gasteiger partial charge on any atom is 0.296 e. The van der Waals surface area contributed by atoms with Crippen molar-refractivity contribution in [2.75, 3.05) is 14.1 Å². The SMILES string of the molecule is CN(C)S(=O)(=O)c1ccc2[nH]c(O)c(N=Nc3ccccc3[N+](=O)[O-])c2c1. The fourth-order valence-corrected chi connectivity index (χ4v) is 3.35. The van der Waals surface area contributed by atoms with Crippen molar-refractivity contribution >= 4 is 38.0 Å². The lowest BCUT2D eigenvalue weighted by Crippen LogP contribution is -2.22. The molecule has 2 N–H and O–H groups in total. The van der Waals surface area contributed by atoms with E-state index in [0.717, 1.165) is 4.31 Å². The molecule has 0 unspecified atom stereocenters. The van der Waals surface area contributed by atoms with Gasteiger partial charge in [0.2, 0.25) is 15.9 Å². The second kappa shape index (κ2) is 6.78. The highest BCUT2D eigenvalue weighted by molar-refractivity contribution is 7.89. The van der Waals surface area contributed by atoms with E-state index in [-0.39, 0.29) is 27.8 Å². The smallest absolute Gasteiger partial charge is 0.296 e. The quantitative estimate of drug-likeness (QED) is 0.390. The van der Waals surface area contributed by atoms with Gasteiger partial charge in [0.25, 0.3) is 5.69 Å². The zero-order valence-electron chi connectivity index (χ0n) is 14.3. The average Bonchev–Trinajstić information content (AvgIpc) is 2.94. The van der Waals surface area contributed by atoms with E-state index in [9.17, 15) is 23.6 Å². The maximum atomic E-state index is 12.3. The first kappa shape index (κ1) is 18.5. The number of aromatic hydroxyl groups is 1. The second-order valence-corrected chi connectivity index (χ2v) is 7.91. The van der Waals surface area contributed by atoms with Crippen LogP contribution in [0.15, 0.2) is 57.6 Å². The molecule has 0 atom stereocenters.